The molecule has 1 radical (unpaired) electrons. The molecule has 1 fully saturated rings. The van der Waals surface area contributed by atoms with Crippen LogP contribution in [-0.4, -0.2) is 49.1 Å². The van der Waals surface area contributed by atoms with E-state index in [4.69, 9.17) is 0 Å². The first-order valence-electron chi connectivity index (χ1n) is 8.84. The van der Waals surface area contributed by atoms with E-state index in [-0.39, 0.29) is 0 Å². The molecule has 0 aromatic rings. The Morgan fingerprint density at radius 2 is 1.86 bits per heavy atom. The van der Waals surface area contributed by atoms with Gasteiger partial charge >= 0.3 is 0 Å². The summed E-state index contributed by atoms with van der Waals surface area (Å²) in [5.41, 5.74) is 0. The molecule has 0 saturated carbocycles. The van der Waals surface area contributed by atoms with E-state index in [0.29, 0.717) is 24.4 Å². The number of hydrogen-bond acceptors (Lipinski definition) is 2. The number of carbonyl (C=O) groups excluding carboxylic acids is 1. The Kier molecular flexibility index (Phi) is 9.68. The van der Waals surface area contributed by atoms with E-state index in [9.17, 15) is 4.79 Å². The van der Waals surface area contributed by atoms with Crippen molar-refractivity contribution in [2.24, 2.45) is 0 Å². The van der Waals surface area contributed by atoms with Crippen molar-refractivity contribution in [1.29, 1.82) is 0 Å². The van der Waals surface area contributed by atoms with Crippen LogP contribution in [0.2, 0.25) is 0 Å². The Morgan fingerprint density at radius 1 is 1.24 bits per heavy atom. The zero-order chi connectivity index (χ0) is 15.5. The maximum Gasteiger partial charge on any atom is 0.222 e. The van der Waals surface area contributed by atoms with Gasteiger partial charge in [-0.3, -0.25) is 4.79 Å². The lowest BCUT2D eigenvalue weighted by Gasteiger charge is -2.27. The summed E-state index contributed by atoms with van der Waals surface area (Å²) in [6, 6.07) is 1.14. The Balaban J connectivity index is 2.16. The van der Waals surface area contributed by atoms with Gasteiger partial charge in [0.15, 0.2) is 0 Å². The summed E-state index contributed by atoms with van der Waals surface area (Å²) in [5, 5.41) is 8.07. The number of nitrogens with one attached hydrogen (secondary N) is 1. The smallest absolute Gasteiger partial charge is 0.222 e. The van der Waals surface area contributed by atoms with Gasteiger partial charge in [-0.1, -0.05) is 13.8 Å². The van der Waals surface area contributed by atoms with Gasteiger partial charge in [0.25, 0.3) is 0 Å². The molecule has 4 nitrogen and oxygen atoms in total. The highest BCUT2D eigenvalue weighted by Crippen LogP contribution is 2.09. The first-order valence-corrected chi connectivity index (χ1v) is 8.84. The number of carbonyl (C=O) groups is 1. The molecular formula is C17H34N3O. The predicted octanol–water partition coefficient (Wildman–Crippen LogP) is 2.55. The van der Waals surface area contributed by atoms with Crippen LogP contribution in [0.15, 0.2) is 0 Å². The van der Waals surface area contributed by atoms with Gasteiger partial charge in [-0.25, -0.2) is 5.32 Å². The minimum Gasteiger partial charge on any atom is -0.343 e. The van der Waals surface area contributed by atoms with E-state index >= 15 is 0 Å². The standard InChI is InChI=1S/C17H34N3O/c1-4-13-20(14-5-2)17(21)8-6-7-15(3)19-16-9-11-18-12-10-16/h15-16,19H,4-14H2,1-3H3. The van der Waals surface area contributed by atoms with Crippen molar-refractivity contribution in [3.63, 3.8) is 0 Å². The maximum absolute atomic E-state index is 12.2. The van der Waals surface area contributed by atoms with Gasteiger partial charge in [0.2, 0.25) is 5.91 Å². The average molecular weight is 296 g/mol. The molecule has 0 bridgehead atoms. The number of amides is 1. The first kappa shape index (κ1) is 18.4. The Morgan fingerprint density at radius 3 is 2.43 bits per heavy atom. The molecule has 1 atom stereocenters. The molecule has 1 heterocycles. The van der Waals surface area contributed by atoms with Gasteiger partial charge in [0, 0.05) is 44.7 Å². The third kappa shape index (κ3) is 7.82. The van der Waals surface area contributed by atoms with Crippen LogP contribution in [0.1, 0.15) is 65.7 Å². The molecule has 1 unspecified atom stereocenters. The lowest BCUT2D eigenvalue weighted by molar-refractivity contribution is -0.131. The second kappa shape index (κ2) is 11.0. The zero-order valence-electron chi connectivity index (χ0n) is 14.2. The van der Waals surface area contributed by atoms with E-state index in [2.05, 4.69) is 31.4 Å². The summed E-state index contributed by atoms with van der Waals surface area (Å²) in [6.07, 6.45) is 7.23. The van der Waals surface area contributed by atoms with Gasteiger partial charge in [0.05, 0.1) is 0 Å². The van der Waals surface area contributed by atoms with Crippen LogP contribution in [-0.2, 0) is 4.79 Å². The number of piperidine rings is 1. The highest BCUT2D eigenvalue weighted by Gasteiger charge is 2.16. The summed E-state index contributed by atoms with van der Waals surface area (Å²) >= 11 is 0. The van der Waals surface area contributed by atoms with Gasteiger partial charge < -0.3 is 10.2 Å². The van der Waals surface area contributed by atoms with Crippen molar-refractivity contribution in [2.45, 2.75) is 77.8 Å². The molecule has 1 saturated heterocycles. The van der Waals surface area contributed by atoms with Gasteiger partial charge in [-0.15, -0.1) is 0 Å². The SMILES string of the molecule is CCCN(CCC)C(=O)CCCC(C)NC1CC[N]CC1. The van der Waals surface area contributed by atoms with Crippen LogP contribution in [0, 0.1) is 0 Å². The zero-order valence-corrected chi connectivity index (χ0v) is 14.2. The predicted molar refractivity (Wildman–Crippen MR) is 88.5 cm³/mol. The molecule has 0 spiro atoms. The van der Waals surface area contributed by atoms with Crippen LogP contribution in [0.25, 0.3) is 0 Å². The number of hydrogen-bond donors (Lipinski definition) is 1. The second-order valence-corrected chi connectivity index (χ2v) is 6.29. The van der Waals surface area contributed by atoms with E-state index in [0.717, 1.165) is 51.9 Å². The quantitative estimate of drug-likeness (QED) is 0.673. The van der Waals surface area contributed by atoms with Crippen LogP contribution >= 0.6 is 0 Å². The molecule has 1 rings (SSSR count). The lowest BCUT2D eigenvalue weighted by atomic mass is 10.0. The minimum atomic E-state index is 0.336. The topological polar surface area (TPSA) is 46.4 Å². The molecule has 0 aromatic heterocycles. The molecular weight excluding hydrogens is 262 g/mol. The van der Waals surface area contributed by atoms with Gasteiger partial charge in [-0.2, -0.15) is 0 Å². The first-order chi connectivity index (χ1) is 10.2. The lowest BCUT2D eigenvalue weighted by Crippen LogP contribution is -2.42. The normalized spacial score (nSPS) is 17.7. The summed E-state index contributed by atoms with van der Waals surface area (Å²) < 4.78 is 0. The van der Waals surface area contributed by atoms with Gasteiger partial charge in [-0.05, 0) is 45.4 Å². The third-order valence-corrected chi connectivity index (χ3v) is 4.16. The van der Waals surface area contributed by atoms with E-state index in [1.807, 2.05) is 4.90 Å². The van der Waals surface area contributed by atoms with Crippen LogP contribution in [0.3, 0.4) is 0 Å². The minimum absolute atomic E-state index is 0.336. The summed E-state index contributed by atoms with van der Waals surface area (Å²) in [6.45, 7) is 10.3. The summed E-state index contributed by atoms with van der Waals surface area (Å²) in [5.74, 6) is 0.336. The molecule has 21 heavy (non-hydrogen) atoms. The average Bonchev–Trinajstić information content (AvgIpc) is 2.48. The Labute approximate surface area is 131 Å². The molecule has 1 aliphatic rings. The molecule has 1 aliphatic heterocycles. The summed E-state index contributed by atoms with van der Waals surface area (Å²) in [7, 11) is 0. The van der Waals surface area contributed by atoms with Crippen molar-refractivity contribution in [1.82, 2.24) is 15.5 Å². The molecule has 0 aromatic carbocycles. The number of nitrogens with zero attached hydrogens (tertiary/aromatic N) is 2. The summed E-state index contributed by atoms with van der Waals surface area (Å²) in [4.78, 5) is 14.2. The molecule has 123 valence electrons. The fourth-order valence-electron chi connectivity index (χ4n) is 3.02. The molecule has 1 N–H and O–H groups in total. The molecule has 0 aliphatic carbocycles. The maximum atomic E-state index is 12.2. The molecule has 4 heteroatoms. The highest BCUT2D eigenvalue weighted by atomic mass is 16.2. The fraction of sp³-hybridized carbons (Fsp3) is 0.941. The third-order valence-electron chi connectivity index (χ3n) is 4.16. The van der Waals surface area contributed by atoms with Gasteiger partial charge in [0.1, 0.15) is 0 Å². The van der Waals surface area contributed by atoms with E-state index in [1.165, 1.54) is 12.8 Å². The van der Waals surface area contributed by atoms with Crippen molar-refractivity contribution in [2.75, 3.05) is 26.2 Å². The van der Waals surface area contributed by atoms with Crippen LogP contribution in [0.4, 0.5) is 0 Å². The monoisotopic (exact) mass is 296 g/mol. The Hall–Kier alpha value is -0.610. The van der Waals surface area contributed by atoms with Crippen molar-refractivity contribution >= 4 is 5.91 Å². The van der Waals surface area contributed by atoms with Crippen molar-refractivity contribution in [3.05, 3.63) is 0 Å². The van der Waals surface area contributed by atoms with Crippen LogP contribution < -0.4 is 10.6 Å². The van der Waals surface area contributed by atoms with Crippen molar-refractivity contribution in [3.8, 4) is 0 Å². The van der Waals surface area contributed by atoms with E-state index in [1.54, 1.807) is 0 Å². The largest absolute Gasteiger partial charge is 0.343 e. The number of rotatable bonds is 10. The fourth-order valence-corrected chi connectivity index (χ4v) is 3.02. The second-order valence-electron chi connectivity index (χ2n) is 6.29. The van der Waals surface area contributed by atoms with Crippen LogP contribution in [0.5, 0.6) is 0 Å². The van der Waals surface area contributed by atoms with Crippen molar-refractivity contribution < 1.29 is 4.79 Å². The molecule has 1 amide bonds. The Bertz CT molecular complexity index is 271. The van der Waals surface area contributed by atoms with E-state index < -0.39 is 0 Å². The highest BCUT2D eigenvalue weighted by molar-refractivity contribution is 5.76.